The summed E-state index contributed by atoms with van der Waals surface area (Å²) in [5.41, 5.74) is 0.146. The molecule has 14 nitrogen and oxygen atoms in total. The minimum atomic E-state index is -4.55. The number of aromatic amines is 1. The van der Waals surface area contributed by atoms with E-state index in [4.69, 9.17) is 30.5 Å². The number of ether oxygens (including phenoxy) is 4. The van der Waals surface area contributed by atoms with Crippen LogP contribution in [0, 0.1) is 13.8 Å². The molecular formula is C34H31Br2ClF6N10O4. The average Bonchev–Trinajstić information content (AvgIpc) is 3.80. The molecule has 57 heavy (non-hydrogen) atoms. The number of hydrogen-bond acceptors (Lipinski definition) is 12. The molecule has 0 unspecified atom stereocenters. The number of alkyl halides is 6. The molecule has 3 N–H and O–H groups in total. The maximum Gasteiger partial charge on any atom is 0.435 e. The van der Waals surface area contributed by atoms with E-state index in [1.807, 2.05) is 12.1 Å². The van der Waals surface area contributed by atoms with Gasteiger partial charge in [0.1, 0.15) is 28.2 Å². The van der Waals surface area contributed by atoms with E-state index < -0.39 is 23.7 Å². The molecule has 0 bridgehead atoms. The highest BCUT2D eigenvalue weighted by Gasteiger charge is 2.35. The summed E-state index contributed by atoms with van der Waals surface area (Å²) in [7, 11) is 6.22. The van der Waals surface area contributed by atoms with Gasteiger partial charge in [0, 0.05) is 71.6 Å². The number of nitrogens with one attached hydrogen (secondary N) is 3. The van der Waals surface area contributed by atoms with Gasteiger partial charge in [0.2, 0.25) is 11.9 Å². The SMILES string of the molecule is COc1cc(Nc2ncc(Br)c(-n3nc(C(F)(F)F)cc3C)n2)cc(OC)c1.COc1cc(Nc2ncc(Br)c(Cl)n2)cc(OC)c1.Cc1cc(C(F)(F)F)n[nH]1. The molecule has 0 radical (unpaired) electrons. The number of nitrogens with zero attached hydrogens (tertiary/aromatic N) is 7. The van der Waals surface area contributed by atoms with Crippen molar-refractivity contribution in [2.75, 3.05) is 39.1 Å². The predicted octanol–water partition coefficient (Wildman–Crippen LogP) is 9.90. The first kappa shape index (κ1) is 44.4. The molecule has 304 valence electrons. The number of rotatable bonds is 9. The van der Waals surface area contributed by atoms with Crippen LogP contribution in [0.5, 0.6) is 23.0 Å². The maximum absolute atomic E-state index is 13.0. The molecule has 0 atom stereocenters. The smallest absolute Gasteiger partial charge is 0.435 e. The van der Waals surface area contributed by atoms with Gasteiger partial charge in [0.25, 0.3) is 0 Å². The van der Waals surface area contributed by atoms with E-state index in [-0.39, 0.29) is 17.5 Å². The number of aromatic nitrogens is 8. The molecule has 2 aromatic carbocycles. The van der Waals surface area contributed by atoms with Crippen molar-refractivity contribution in [3.63, 3.8) is 0 Å². The van der Waals surface area contributed by atoms with E-state index in [2.05, 4.69) is 77.7 Å². The van der Waals surface area contributed by atoms with Crippen molar-refractivity contribution in [3.8, 4) is 28.8 Å². The maximum atomic E-state index is 13.0. The Morgan fingerprint density at radius 3 is 1.47 bits per heavy atom. The van der Waals surface area contributed by atoms with Gasteiger partial charge in [-0.2, -0.15) is 46.5 Å². The van der Waals surface area contributed by atoms with Crippen LogP contribution in [0.4, 0.5) is 49.6 Å². The first-order valence-corrected chi connectivity index (χ1v) is 17.7. The van der Waals surface area contributed by atoms with Gasteiger partial charge in [-0.25, -0.2) is 14.6 Å². The van der Waals surface area contributed by atoms with Crippen LogP contribution in [0.2, 0.25) is 5.15 Å². The highest BCUT2D eigenvalue weighted by atomic mass is 79.9. The molecule has 0 fully saturated rings. The molecular weight excluding hydrogens is 922 g/mol. The number of halogens is 9. The molecule has 0 saturated carbocycles. The Morgan fingerprint density at radius 2 is 1.11 bits per heavy atom. The van der Waals surface area contributed by atoms with E-state index in [9.17, 15) is 26.3 Å². The summed E-state index contributed by atoms with van der Waals surface area (Å²) in [6.45, 7) is 3.03. The van der Waals surface area contributed by atoms with Gasteiger partial charge in [-0.15, -0.1) is 0 Å². The topological polar surface area (TPSA) is 159 Å². The second-order valence-corrected chi connectivity index (χ2v) is 13.2. The van der Waals surface area contributed by atoms with Gasteiger partial charge in [0.15, 0.2) is 17.2 Å². The first-order valence-electron chi connectivity index (χ1n) is 15.8. The fraction of sp³-hybridized carbons (Fsp3) is 0.235. The van der Waals surface area contributed by atoms with Gasteiger partial charge < -0.3 is 29.6 Å². The van der Waals surface area contributed by atoms with Crippen molar-refractivity contribution < 1.29 is 45.3 Å². The molecule has 6 rings (SSSR count). The zero-order chi connectivity index (χ0) is 42.1. The third-order valence-corrected chi connectivity index (χ3v) is 8.67. The Hall–Kier alpha value is -5.35. The Kier molecular flexibility index (Phi) is 14.9. The van der Waals surface area contributed by atoms with Crippen LogP contribution in [0.1, 0.15) is 22.8 Å². The van der Waals surface area contributed by atoms with Crippen LogP contribution < -0.4 is 29.6 Å². The Balaban J connectivity index is 0.000000213. The summed E-state index contributed by atoms with van der Waals surface area (Å²) in [5, 5.41) is 15.2. The van der Waals surface area contributed by atoms with Crippen molar-refractivity contribution in [2.24, 2.45) is 0 Å². The largest absolute Gasteiger partial charge is 0.497 e. The summed E-state index contributed by atoms with van der Waals surface area (Å²) >= 11 is 12.4. The third kappa shape index (κ3) is 12.6. The minimum absolute atomic E-state index is 0.164. The van der Waals surface area contributed by atoms with E-state index in [1.54, 1.807) is 44.7 Å². The minimum Gasteiger partial charge on any atom is -0.497 e. The Morgan fingerprint density at radius 1 is 0.649 bits per heavy atom. The monoisotopic (exact) mass is 950 g/mol. The van der Waals surface area contributed by atoms with Crippen molar-refractivity contribution in [2.45, 2.75) is 26.2 Å². The molecule has 0 aliphatic carbocycles. The van der Waals surface area contributed by atoms with Crippen molar-refractivity contribution in [3.05, 3.63) is 97.8 Å². The second kappa shape index (κ2) is 19.2. The molecule has 6 aromatic rings. The van der Waals surface area contributed by atoms with E-state index in [1.165, 1.54) is 34.3 Å². The summed E-state index contributed by atoms with van der Waals surface area (Å²) in [6, 6.07) is 12.4. The number of hydrogen-bond donors (Lipinski definition) is 3. The fourth-order valence-corrected chi connectivity index (χ4v) is 5.06. The second-order valence-electron chi connectivity index (χ2n) is 11.2. The number of H-pyrrole nitrogens is 1. The summed E-state index contributed by atoms with van der Waals surface area (Å²) in [4.78, 5) is 16.6. The lowest BCUT2D eigenvalue weighted by atomic mass is 10.3. The molecule has 4 aromatic heterocycles. The molecule has 0 spiro atoms. The number of benzene rings is 2. The fourth-order valence-electron chi connectivity index (χ4n) is 4.38. The normalized spacial score (nSPS) is 11.1. The van der Waals surface area contributed by atoms with Gasteiger partial charge in [-0.1, -0.05) is 11.6 Å². The number of methoxy groups -OCH3 is 4. The van der Waals surface area contributed by atoms with Crippen LogP contribution in [-0.4, -0.2) is 68.4 Å². The quantitative estimate of drug-likeness (QED) is 0.0932. The lowest BCUT2D eigenvalue weighted by Crippen LogP contribution is -2.10. The van der Waals surface area contributed by atoms with Crippen LogP contribution in [0.25, 0.3) is 5.82 Å². The number of aryl methyl sites for hydroxylation is 2. The zero-order valence-electron chi connectivity index (χ0n) is 30.4. The third-order valence-electron chi connectivity index (χ3n) is 7.02. The van der Waals surface area contributed by atoms with Crippen LogP contribution >= 0.6 is 43.5 Å². The van der Waals surface area contributed by atoms with Gasteiger partial charge in [-0.05, 0) is 57.8 Å². The summed E-state index contributed by atoms with van der Waals surface area (Å²) < 4.78 is 96.9. The molecule has 0 aliphatic heterocycles. The van der Waals surface area contributed by atoms with Crippen molar-refractivity contribution >= 4 is 66.7 Å². The summed E-state index contributed by atoms with van der Waals surface area (Å²) in [5.74, 6) is 3.17. The van der Waals surface area contributed by atoms with Crippen molar-refractivity contribution in [1.29, 1.82) is 0 Å². The lowest BCUT2D eigenvalue weighted by Gasteiger charge is -2.11. The van der Waals surface area contributed by atoms with Crippen LogP contribution in [0.3, 0.4) is 0 Å². The Bertz CT molecular complexity index is 2250. The molecule has 0 aliphatic rings. The predicted molar refractivity (Wildman–Crippen MR) is 205 cm³/mol. The molecule has 23 heteroatoms. The van der Waals surface area contributed by atoms with Crippen LogP contribution in [0.15, 0.2) is 69.9 Å². The van der Waals surface area contributed by atoms with Crippen molar-refractivity contribution in [1.82, 2.24) is 39.9 Å². The van der Waals surface area contributed by atoms with Gasteiger partial charge in [0.05, 0.1) is 37.4 Å². The summed E-state index contributed by atoms with van der Waals surface area (Å²) in [6.07, 6.45) is -5.87. The molecule has 0 saturated heterocycles. The van der Waals surface area contributed by atoms with E-state index in [0.29, 0.717) is 54.4 Å². The highest BCUT2D eigenvalue weighted by molar-refractivity contribution is 9.10. The van der Waals surface area contributed by atoms with Gasteiger partial charge in [-0.3, -0.25) is 5.10 Å². The lowest BCUT2D eigenvalue weighted by molar-refractivity contribution is -0.142. The molecule has 0 amide bonds. The standard InChI is InChI=1S/C17H15BrF3N5O2.C12H11BrClN3O2.C5H5F3N2/c1-9-4-14(17(19,20)21)25-26(9)15-13(18)8-22-16(24-15)23-10-5-11(27-2)7-12(6-10)28-3;1-18-8-3-7(4-9(5-8)19-2)16-12-15-6-10(13)11(14)17-12;1-3-2-4(10-9-3)5(6,7)8/h4-8H,1-3H3,(H,22,23,24);3-6H,1-2H3,(H,15,16,17);2H,1H3,(H,9,10). The average molecular weight is 953 g/mol. The first-order chi connectivity index (χ1) is 26.8. The number of anilines is 4. The van der Waals surface area contributed by atoms with E-state index in [0.717, 1.165) is 22.5 Å². The zero-order valence-corrected chi connectivity index (χ0v) is 34.4. The highest BCUT2D eigenvalue weighted by Crippen LogP contribution is 2.32. The molecule has 4 heterocycles. The van der Waals surface area contributed by atoms with Gasteiger partial charge >= 0.3 is 12.4 Å². The Labute approximate surface area is 342 Å². The van der Waals surface area contributed by atoms with E-state index >= 15 is 0 Å². The van der Waals surface area contributed by atoms with Crippen LogP contribution in [-0.2, 0) is 12.4 Å².